The summed E-state index contributed by atoms with van der Waals surface area (Å²) in [6, 6.07) is 8.74. The molecule has 2 aliphatic rings. The van der Waals surface area contributed by atoms with Gasteiger partial charge in [0.25, 0.3) is 0 Å². The zero-order valence-corrected chi connectivity index (χ0v) is 20.0. The first-order chi connectivity index (χ1) is 16.0. The minimum atomic E-state index is -0.550. The van der Waals surface area contributed by atoms with Crippen molar-refractivity contribution in [3.05, 3.63) is 59.1 Å². The molecule has 1 fully saturated rings. The second-order valence-electron chi connectivity index (χ2n) is 9.08. The van der Waals surface area contributed by atoms with Crippen molar-refractivity contribution >= 4 is 29.3 Å². The Morgan fingerprint density at radius 3 is 2.82 bits per heavy atom. The molecule has 1 saturated carbocycles. The van der Waals surface area contributed by atoms with Gasteiger partial charge in [-0.05, 0) is 68.3 Å². The quantitative estimate of drug-likeness (QED) is 0.470. The third-order valence-electron chi connectivity index (χ3n) is 6.80. The summed E-state index contributed by atoms with van der Waals surface area (Å²) < 4.78 is 31.3. The van der Waals surface area contributed by atoms with Gasteiger partial charge in [-0.1, -0.05) is 12.1 Å². The molecule has 3 aromatic rings. The summed E-state index contributed by atoms with van der Waals surface area (Å²) >= 11 is 0. The van der Waals surface area contributed by atoms with Gasteiger partial charge in [-0.15, -0.1) is 12.4 Å². The molecular weight excluding hydrogens is 459 g/mol. The summed E-state index contributed by atoms with van der Waals surface area (Å²) in [5, 5.41) is 1.08. The average Bonchev–Trinajstić information content (AvgIpc) is 3.55. The molecule has 1 aliphatic heterocycles. The highest BCUT2D eigenvalue weighted by Gasteiger charge is 2.33. The van der Waals surface area contributed by atoms with Gasteiger partial charge in [0.1, 0.15) is 6.61 Å². The number of hydrogen-bond acceptors (Lipinski definition) is 5. The molecule has 0 spiro atoms. The average molecular weight is 489 g/mol. The Labute approximate surface area is 204 Å². The fourth-order valence-corrected chi connectivity index (χ4v) is 4.86. The number of amides is 1. The van der Waals surface area contributed by atoms with E-state index in [4.69, 9.17) is 19.6 Å². The predicted octanol–water partition coefficient (Wildman–Crippen LogP) is 4.75. The van der Waals surface area contributed by atoms with E-state index in [0.717, 1.165) is 42.6 Å². The molecule has 0 radical (unpaired) electrons. The molecule has 6 nitrogen and oxygen atoms in total. The number of hydrogen-bond donors (Lipinski definition) is 1. The van der Waals surface area contributed by atoms with E-state index < -0.39 is 11.7 Å². The Hall–Kier alpha value is -2.77. The van der Waals surface area contributed by atoms with Gasteiger partial charge in [-0.3, -0.25) is 9.69 Å². The molecule has 2 heterocycles. The van der Waals surface area contributed by atoms with Crippen LogP contribution in [0.25, 0.3) is 11.0 Å². The summed E-state index contributed by atoms with van der Waals surface area (Å²) in [5.41, 5.74) is 8.44. The lowest BCUT2D eigenvalue weighted by atomic mass is 9.95. The van der Waals surface area contributed by atoms with Gasteiger partial charge >= 0.3 is 0 Å². The molecule has 0 bridgehead atoms. The number of methoxy groups -OCH3 is 1. The number of fused-ring (bicyclic) bond motifs is 2. The first-order valence-electron chi connectivity index (χ1n) is 11.6. The van der Waals surface area contributed by atoms with Gasteiger partial charge in [-0.2, -0.15) is 0 Å². The fourth-order valence-electron chi connectivity index (χ4n) is 4.86. The Kier molecular flexibility index (Phi) is 7.33. The molecule has 0 saturated heterocycles. The third kappa shape index (κ3) is 4.86. The first kappa shape index (κ1) is 24.4. The number of rotatable bonds is 9. The largest absolute Gasteiger partial charge is 0.493 e. The monoisotopic (exact) mass is 488 g/mol. The lowest BCUT2D eigenvalue weighted by Crippen LogP contribution is -2.45. The molecular formula is C26H30ClFN2O4. The fraction of sp³-hybridized carbons (Fsp3) is 0.423. The van der Waals surface area contributed by atoms with Crippen LogP contribution in [0, 0.1) is 11.7 Å². The highest BCUT2D eigenvalue weighted by atomic mass is 35.5. The topological polar surface area (TPSA) is 77.9 Å². The molecule has 1 aliphatic carbocycles. The highest BCUT2D eigenvalue weighted by molar-refractivity contribution is 5.95. The molecule has 1 unspecified atom stereocenters. The maximum Gasteiger partial charge on any atom is 0.249 e. The number of nitrogens with zero attached hydrogens (tertiary/aromatic N) is 1. The molecule has 34 heavy (non-hydrogen) atoms. The molecule has 8 heteroatoms. The molecule has 2 aromatic carbocycles. The van der Waals surface area contributed by atoms with Crippen LogP contribution in [0.4, 0.5) is 4.39 Å². The molecule has 1 amide bonds. The number of carbonyl (C=O) groups is 1. The molecule has 1 atom stereocenters. The summed E-state index contributed by atoms with van der Waals surface area (Å²) in [5.74, 6) is 0.627. The van der Waals surface area contributed by atoms with Crippen LogP contribution in [0.3, 0.4) is 0 Å². The maximum absolute atomic E-state index is 14.3. The van der Waals surface area contributed by atoms with Crippen LogP contribution in [-0.4, -0.2) is 43.7 Å². The van der Waals surface area contributed by atoms with Crippen LogP contribution in [-0.2, 0) is 12.8 Å². The number of nitrogens with two attached hydrogens (primary N) is 1. The van der Waals surface area contributed by atoms with Gasteiger partial charge in [0.15, 0.2) is 22.9 Å². The molecule has 182 valence electrons. The van der Waals surface area contributed by atoms with Gasteiger partial charge < -0.3 is 19.6 Å². The van der Waals surface area contributed by atoms with Gasteiger partial charge in [0.2, 0.25) is 5.91 Å². The maximum atomic E-state index is 14.3. The van der Waals surface area contributed by atoms with E-state index in [2.05, 4.69) is 11.0 Å². The van der Waals surface area contributed by atoms with E-state index in [9.17, 15) is 9.18 Å². The highest BCUT2D eigenvalue weighted by Crippen LogP contribution is 2.35. The zero-order chi connectivity index (χ0) is 22.9. The van der Waals surface area contributed by atoms with Crippen LogP contribution in [0.1, 0.15) is 40.7 Å². The number of para-hydroxylation sites is 1. The van der Waals surface area contributed by atoms with E-state index in [0.29, 0.717) is 30.1 Å². The van der Waals surface area contributed by atoms with Crippen LogP contribution >= 0.6 is 12.4 Å². The van der Waals surface area contributed by atoms with Gasteiger partial charge in [0, 0.05) is 29.1 Å². The van der Waals surface area contributed by atoms with Crippen molar-refractivity contribution in [3.63, 3.8) is 0 Å². The number of benzene rings is 2. The van der Waals surface area contributed by atoms with E-state index in [1.807, 2.05) is 18.4 Å². The second kappa shape index (κ2) is 10.2. The lowest BCUT2D eigenvalue weighted by Gasteiger charge is -2.36. The number of ether oxygens (including phenoxy) is 2. The van der Waals surface area contributed by atoms with E-state index in [1.54, 1.807) is 7.11 Å². The number of halogens is 2. The Morgan fingerprint density at radius 2 is 2.09 bits per heavy atom. The summed E-state index contributed by atoms with van der Waals surface area (Å²) in [6.07, 6.45) is 6.70. The predicted molar refractivity (Wildman–Crippen MR) is 131 cm³/mol. The van der Waals surface area contributed by atoms with Crippen molar-refractivity contribution in [2.75, 3.05) is 26.8 Å². The van der Waals surface area contributed by atoms with Crippen molar-refractivity contribution in [2.24, 2.45) is 11.7 Å². The van der Waals surface area contributed by atoms with Crippen LogP contribution in [0.15, 0.2) is 41.0 Å². The number of carbonyl (C=O) groups excluding carboxylic acids is 1. The number of furan rings is 1. The zero-order valence-electron chi connectivity index (χ0n) is 19.2. The SMILES string of the molecule is COc1cccc2c(CCCN(CC3CC3)C3COc4c(F)ccc(C(N)=O)c4C3)coc12.Cl. The molecule has 2 N–H and O–H groups in total. The van der Waals surface area contributed by atoms with Crippen molar-refractivity contribution in [1.82, 2.24) is 4.90 Å². The minimum Gasteiger partial charge on any atom is -0.493 e. The Bertz CT molecular complexity index is 1180. The van der Waals surface area contributed by atoms with Crippen molar-refractivity contribution in [3.8, 4) is 11.5 Å². The van der Waals surface area contributed by atoms with Crippen molar-refractivity contribution in [2.45, 2.75) is 38.1 Å². The smallest absolute Gasteiger partial charge is 0.249 e. The summed E-state index contributed by atoms with van der Waals surface area (Å²) in [7, 11) is 1.65. The second-order valence-corrected chi connectivity index (χ2v) is 9.08. The Balaban J connectivity index is 0.00000274. The third-order valence-corrected chi connectivity index (χ3v) is 6.80. The van der Waals surface area contributed by atoms with E-state index in [1.165, 1.54) is 30.5 Å². The van der Waals surface area contributed by atoms with Crippen LogP contribution in [0.5, 0.6) is 11.5 Å². The summed E-state index contributed by atoms with van der Waals surface area (Å²) in [4.78, 5) is 14.4. The standard InChI is InChI=1S/C26H29FN2O4.ClH/c1-31-23-6-2-5-19-17(14-32-25(19)23)4-3-11-29(13-16-7-8-16)18-12-21-20(26(28)30)9-10-22(27)24(21)33-15-18;/h2,5-6,9-10,14,16,18H,3-4,7-8,11-13,15H2,1H3,(H2,28,30);1H. The van der Waals surface area contributed by atoms with Gasteiger partial charge in [0.05, 0.1) is 13.4 Å². The Morgan fingerprint density at radius 1 is 1.26 bits per heavy atom. The van der Waals surface area contributed by atoms with Gasteiger partial charge in [-0.25, -0.2) is 4.39 Å². The van der Waals surface area contributed by atoms with Crippen molar-refractivity contribution in [1.29, 1.82) is 0 Å². The van der Waals surface area contributed by atoms with Crippen LogP contribution < -0.4 is 15.2 Å². The number of primary amides is 1. The minimum absolute atomic E-state index is 0. The van der Waals surface area contributed by atoms with Crippen molar-refractivity contribution < 1.29 is 23.1 Å². The summed E-state index contributed by atoms with van der Waals surface area (Å²) in [6.45, 7) is 2.28. The first-order valence-corrected chi connectivity index (χ1v) is 11.6. The normalized spacial score (nSPS) is 17.2. The molecule has 1 aromatic heterocycles. The van der Waals surface area contributed by atoms with Crippen LogP contribution in [0.2, 0.25) is 0 Å². The van der Waals surface area contributed by atoms with E-state index >= 15 is 0 Å². The molecule has 5 rings (SSSR count). The van der Waals surface area contributed by atoms with E-state index in [-0.39, 0.29) is 24.2 Å². The lowest BCUT2D eigenvalue weighted by molar-refractivity contribution is 0.0980. The number of aryl methyl sites for hydroxylation is 1.